The highest BCUT2D eigenvalue weighted by molar-refractivity contribution is 5.97. The van der Waals surface area contributed by atoms with Gasteiger partial charge in [0.15, 0.2) is 0 Å². The maximum Gasteiger partial charge on any atom is 0.252 e. The monoisotopic (exact) mass is 282 g/mol. The van der Waals surface area contributed by atoms with Gasteiger partial charge in [0, 0.05) is 11.3 Å². The van der Waals surface area contributed by atoms with Crippen LogP contribution in [0.5, 0.6) is 0 Å². The molecule has 2 rings (SSSR count). The van der Waals surface area contributed by atoms with E-state index in [0.717, 1.165) is 24.0 Å². The molecule has 0 saturated heterocycles. The van der Waals surface area contributed by atoms with Crippen LogP contribution in [0.15, 0.2) is 48.5 Å². The van der Waals surface area contributed by atoms with Crippen molar-refractivity contribution in [3.63, 3.8) is 0 Å². The van der Waals surface area contributed by atoms with Crippen LogP contribution in [-0.4, -0.2) is 5.91 Å². The molecule has 3 heteroatoms. The molecule has 1 amide bonds. The lowest BCUT2D eigenvalue weighted by Gasteiger charge is -2.19. The normalized spacial score (nSPS) is 11.9. The quantitative estimate of drug-likeness (QED) is 0.818. The maximum atomic E-state index is 12.5. The van der Waals surface area contributed by atoms with Crippen LogP contribution in [0.25, 0.3) is 0 Å². The van der Waals surface area contributed by atoms with Gasteiger partial charge in [0.25, 0.3) is 5.91 Å². The molecule has 0 bridgehead atoms. The smallest absolute Gasteiger partial charge is 0.252 e. The van der Waals surface area contributed by atoms with Crippen molar-refractivity contribution in [2.24, 2.45) is 0 Å². The number of carbonyl (C=O) groups excluding carboxylic acids is 1. The molecule has 0 aliphatic rings. The van der Waals surface area contributed by atoms with Crippen molar-refractivity contribution in [2.75, 3.05) is 5.73 Å². The van der Waals surface area contributed by atoms with Crippen LogP contribution in [0.1, 0.15) is 47.3 Å². The van der Waals surface area contributed by atoms with Crippen molar-refractivity contribution < 1.29 is 4.79 Å². The first kappa shape index (κ1) is 15.1. The summed E-state index contributed by atoms with van der Waals surface area (Å²) in [6.45, 7) is 4.00. The lowest BCUT2D eigenvalue weighted by atomic mass is 10.0. The molecule has 1 unspecified atom stereocenters. The van der Waals surface area contributed by atoms with E-state index >= 15 is 0 Å². The third kappa shape index (κ3) is 3.63. The Labute approximate surface area is 126 Å². The maximum absolute atomic E-state index is 12.5. The van der Waals surface area contributed by atoms with Gasteiger partial charge in [0.2, 0.25) is 0 Å². The van der Waals surface area contributed by atoms with E-state index in [4.69, 9.17) is 5.73 Å². The Morgan fingerprint density at radius 1 is 1.14 bits per heavy atom. The second-order valence-corrected chi connectivity index (χ2v) is 5.25. The SMILES string of the molecule is CCCC(NC(=O)c1cccc(N)c1C)c1ccccc1. The predicted molar refractivity (Wildman–Crippen MR) is 87.1 cm³/mol. The van der Waals surface area contributed by atoms with E-state index in [2.05, 4.69) is 12.2 Å². The number of nitrogens with two attached hydrogens (primary N) is 1. The summed E-state index contributed by atoms with van der Waals surface area (Å²) < 4.78 is 0. The number of nitrogen functional groups attached to an aromatic ring is 1. The average molecular weight is 282 g/mol. The average Bonchev–Trinajstić information content (AvgIpc) is 2.50. The van der Waals surface area contributed by atoms with Gasteiger partial charge in [-0.1, -0.05) is 49.7 Å². The fraction of sp³-hybridized carbons (Fsp3) is 0.278. The minimum absolute atomic E-state index is 0.0320. The Balaban J connectivity index is 2.21. The van der Waals surface area contributed by atoms with Gasteiger partial charge in [-0.25, -0.2) is 0 Å². The summed E-state index contributed by atoms with van der Waals surface area (Å²) in [5.74, 6) is -0.0675. The van der Waals surface area contributed by atoms with Gasteiger partial charge in [0.05, 0.1) is 6.04 Å². The number of benzene rings is 2. The van der Waals surface area contributed by atoms with E-state index in [9.17, 15) is 4.79 Å². The Hall–Kier alpha value is -2.29. The molecule has 1 atom stereocenters. The van der Waals surface area contributed by atoms with Gasteiger partial charge in [-0.2, -0.15) is 0 Å². The van der Waals surface area contributed by atoms with E-state index in [-0.39, 0.29) is 11.9 Å². The van der Waals surface area contributed by atoms with Crippen LogP contribution in [0.3, 0.4) is 0 Å². The van der Waals surface area contributed by atoms with Crippen LogP contribution < -0.4 is 11.1 Å². The topological polar surface area (TPSA) is 55.1 Å². The van der Waals surface area contributed by atoms with Gasteiger partial charge in [0.1, 0.15) is 0 Å². The number of hydrogen-bond donors (Lipinski definition) is 2. The molecule has 3 N–H and O–H groups in total. The molecule has 0 saturated carbocycles. The van der Waals surface area contributed by atoms with Gasteiger partial charge < -0.3 is 11.1 Å². The Kier molecular flexibility index (Phi) is 4.99. The van der Waals surface area contributed by atoms with Crippen molar-refractivity contribution >= 4 is 11.6 Å². The minimum atomic E-state index is -0.0675. The van der Waals surface area contributed by atoms with Crippen LogP contribution in [0, 0.1) is 6.92 Å². The largest absolute Gasteiger partial charge is 0.398 e. The Morgan fingerprint density at radius 3 is 2.52 bits per heavy atom. The van der Waals surface area contributed by atoms with E-state index in [1.807, 2.05) is 55.5 Å². The molecule has 0 aromatic heterocycles. The summed E-state index contributed by atoms with van der Waals surface area (Å²) in [6.07, 6.45) is 1.92. The molecule has 110 valence electrons. The van der Waals surface area contributed by atoms with Crippen molar-refractivity contribution in [3.8, 4) is 0 Å². The van der Waals surface area contributed by atoms with E-state index in [1.54, 1.807) is 0 Å². The summed E-state index contributed by atoms with van der Waals surface area (Å²) >= 11 is 0. The van der Waals surface area contributed by atoms with Crippen LogP contribution in [0.2, 0.25) is 0 Å². The summed E-state index contributed by atoms with van der Waals surface area (Å²) in [5.41, 5.74) is 9.14. The van der Waals surface area contributed by atoms with Crippen molar-refractivity contribution in [1.29, 1.82) is 0 Å². The second-order valence-electron chi connectivity index (χ2n) is 5.25. The lowest BCUT2D eigenvalue weighted by molar-refractivity contribution is 0.0934. The molecule has 0 spiro atoms. The molecule has 0 aliphatic carbocycles. The number of nitrogens with one attached hydrogen (secondary N) is 1. The molecule has 0 fully saturated rings. The highest BCUT2D eigenvalue weighted by atomic mass is 16.1. The number of anilines is 1. The van der Waals surface area contributed by atoms with E-state index < -0.39 is 0 Å². The first-order valence-electron chi connectivity index (χ1n) is 7.34. The fourth-order valence-corrected chi connectivity index (χ4v) is 2.43. The predicted octanol–water partition coefficient (Wildman–Crippen LogP) is 3.85. The first-order valence-corrected chi connectivity index (χ1v) is 7.34. The molecule has 2 aromatic rings. The number of carbonyl (C=O) groups is 1. The molecular formula is C18H22N2O. The molecule has 21 heavy (non-hydrogen) atoms. The van der Waals surface area contributed by atoms with Crippen LogP contribution >= 0.6 is 0 Å². The molecule has 0 heterocycles. The molecular weight excluding hydrogens is 260 g/mol. The summed E-state index contributed by atoms with van der Waals surface area (Å²) in [6, 6.07) is 15.5. The van der Waals surface area contributed by atoms with Gasteiger partial charge in [-0.15, -0.1) is 0 Å². The third-order valence-electron chi connectivity index (χ3n) is 3.70. The summed E-state index contributed by atoms with van der Waals surface area (Å²) in [5, 5.41) is 3.12. The van der Waals surface area contributed by atoms with E-state index in [1.165, 1.54) is 0 Å². The van der Waals surface area contributed by atoms with Crippen LogP contribution in [-0.2, 0) is 0 Å². The molecule has 0 radical (unpaired) electrons. The molecule has 3 nitrogen and oxygen atoms in total. The third-order valence-corrected chi connectivity index (χ3v) is 3.70. The highest BCUT2D eigenvalue weighted by Crippen LogP contribution is 2.21. The van der Waals surface area contributed by atoms with Crippen LogP contribution in [0.4, 0.5) is 5.69 Å². The van der Waals surface area contributed by atoms with E-state index in [0.29, 0.717) is 11.3 Å². The summed E-state index contributed by atoms with van der Waals surface area (Å²) in [4.78, 5) is 12.5. The van der Waals surface area contributed by atoms with Gasteiger partial charge in [-0.3, -0.25) is 4.79 Å². The first-order chi connectivity index (χ1) is 10.1. The zero-order valence-electron chi connectivity index (χ0n) is 12.6. The van der Waals surface area contributed by atoms with Gasteiger partial charge in [-0.05, 0) is 36.6 Å². The van der Waals surface area contributed by atoms with Crippen molar-refractivity contribution in [1.82, 2.24) is 5.32 Å². The second kappa shape index (κ2) is 6.93. The minimum Gasteiger partial charge on any atom is -0.398 e. The van der Waals surface area contributed by atoms with Crippen molar-refractivity contribution in [3.05, 3.63) is 65.2 Å². The Bertz CT molecular complexity index is 608. The zero-order valence-corrected chi connectivity index (χ0v) is 12.6. The Morgan fingerprint density at radius 2 is 1.86 bits per heavy atom. The number of amides is 1. The lowest BCUT2D eigenvalue weighted by Crippen LogP contribution is -2.29. The van der Waals surface area contributed by atoms with Crippen molar-refractivity contribution in [2.45, 2.75) is 32.7 Å². The fourth-order valence-electron chi connectivity index (χ4n) is 2.43. The molecule has 0 aliphatic heterocycles. The zero-order chi connectivity index (χ0) is 15.2. The number of rotatable bonds is 5. The summed E-state index contributed by atoms with van der Waals surface area (Å²) in [7, 11) is 0. The highest BCUT2D eigenvalue weighted by Gasteiger charge is 2.16. The number of hydrogen-bond acceptors (Lipinski definition) is 2. The molecule has 2 aromatic carbocycles. The standard InChI is InChI=1S/C18H22N2O/c1-3-8-17(14-9-5-4-6-10-14)20-18(21)15-11-7-12-16(19)13(15)2/h4-7,9-12,17H,3,8,19H2,1-2H3,(H,20,21). The van der Waals surface area contributed by atoms with Gasteiger partial charge >= 0.3 is 0 Å².